The summed E-state index contributed by atoms with van der Waals surface area (Å²) < 4.78 is 91.1. The number of halogens is 5. The number of carbonyl (C=O) groups excluding carboxylic acids is 2. The number of esters is 2. The van der Waals surface area contributed by atoms with Crippen LogP contribution in [-0.4, -0.2) is 77.7 Å². The minimum atomic E-state index is -0.908. The van der Waals surface area contributed by atoms with Crippen LogP contribution in [-0.2, 0) is 53.9 Å². The lowest BCUT2D eigenvalue weighted by molar-refractivity contribution is -0.146. The van der Waals surface area contributed by atoms with Gasteiger partial charge in [0.25, 0.3) is 0 Å². The van der Waals surface area contributed by atoms with E-state index in [0.29, 0.717) is 102 Å². The zero-order chi connectivity index (χ0) is 67.8. The predicted molar refractivity (Wildman–Crippen MR) is 361 cm³/mol. The van der Waals surface area contributed by atoms with Crippen molar-refractivity contribution in [2.75, 3.05) is 13.7 Å². The van der Waals surface area contributed by atoms with Crippen LogP contribution in [0.25, 0.3) is 61.1 Å². The van der Waals surface area contributed by atoms with Gasteiger partial charge in [-0.25, -0.2) is 37.3 Å². The van der Waals surface area contributed by atoms with E-state index < -0.39 is 64.0 Å². The zero-order valence-electron chi connectivity index (χ0n) is 52.7. The number of aryl methyl sites for hydroxylation is 3. The van der Waals surface area contributed by atoms with Gasteiger partial charge in [0.1, 0.15) is 46.6 Å². The normalized spacial score (nSPS) is 15.2. The number of fused-ring (bicyclic) bond motifs is 11. The molecule has 5 N–H and O–H groups in total. The number of nitrogens with zero attached hydrogens (tertiary/aromatic N) is 6. The Morgan fingerprint density at radius 1 is 0.844 bits per heavy atom. The molecule has 5 aromatic heterocycles. The molecule has 6 heterocycles. The Hall–Kier alpha value is -10.5. The first-order valence-electron chi connectivity index (χ1n) is 30.8. The summed E-state index contributed by atoms with van der Waals surface area (Å²) in [5, 5.41) is 14.7. The fourth-order valence-electron chi connectivity index (χ4n) is 12.1. The number of hydrogen-bond acceptors (Lipinski definition) is 12. The first-order valence-corrected chi connectivity index (χ1v) is 31.9. The van der Waals surface area contributed by atoms with Crippen molar-refractivity contribution in [3.63, 3.8) is 0 Å². The van der Waals surface area contributed by atoms with Gasteiger partial charge in [0, 0.05) is 126 Å². The number of imidazole rings is 2. The molecule has 19 nitrogen and oxygen atoms in total. The quantitative estimate of drug-likeness (QED) is 0.0108. The molecule has 0 saturated heterocycles. The van der Waals surface area contributed by atoms with Crippen LogP contribution in [0.1, 0.15) is 117 Å². The summed E-state index contributed by atoms with van der Waals surface area (Å²) in [5.41, 5.74) is 13.9. The topological polar surface area (TPSA) is 272 Å². The second kappa shape index (κ2) is 29.0. The van der Waals surface area contributed by atoms with E-state index in [9.17, 15) is 19.5 Å². The van der Waals surface area contributed by atoms with E-state index in [2.05, 4.69) is 80.5 Å². The Balaban J connectivity index is 0.000000196. The summed E-state index contributed by atoms with van der Waals surface area (Å²) in [7, 11) is 1.24. The Labute approximate surface area is 561 Å². The molecule has 6 bridgehead atoms. The van der Waals surface area contributed by atoms with E-state index >= 15 is 17.6 Å². The van der Waals surface area contributed by atoms with Crippen molar-refractivity contribution >= 4 is 68.4 Å². The molecule has 0 saturated carbocycles. The number of methoxy groups -OCH3 is 1. The number of H-pyrrole nitrogens is 4. The fourth-order valence-corrected chi connectivity index (χ4v) is 12.7. The van der Waals surface area contributed by atoms with Gasteiger partial charge in [0.2, 0.25) is 0 Å². The van der Waals surface area contributed by atoms with Crippen LogP contribution >= 0.6 is 22.6 Å². The highest BCUT2D eigenvalue weighted by Gasteiger charge is 2.35. The fraction of sp³-hybridized carbons (Fsp3) is 0.250. The molecule has 1 aliphatic heterocycles. The maximum atomic E-state index is 15.5. The number of carboxylic acid groups (broad SMARTS) is 1. The number of azide groups is 1. The Bertz CT molecular complexity index is 4780. The van der Waals surface area contributed by atoms with Gasteiger partial charge in [0.15, 0.2) is 29.0 Å². The van der Waals surface area contributed by atoms with Crippen molar-refractivity contribution in [2.24, 2.45) is 5.11 Å². The Morgan fingerprint density at radius 3 is 2.33 bits per heavy atom. The molecule has 12 rings (SSSR count). The monoisotopic (exact) mass is 1420 g/mol. The number of oxazole rings is 1. The van der Waals surface area contributed by atoms with Gasteiger partial charge in [-0.1, -0.05) is 41.5 Å². The lowest BCUT2D eigenvalue weighted by atomic mass is 9.74. The average molecular weight is 1420 g/mol. The molecular weight excluding hydrogens is 1350 g/mol. The average Bonchev–Trinajstić information content (AvgIpc) is 1.57. The number of benzene rings is 6. The highest BCUT2D eigenvalue weighted by Crippen LogP contribution is 2.43. The molecule has 24 heteroatoms. The van der Waals surface area contributed by atoms with Gasteiger partial charge < -0.3 is 48.4 Å². The second-order valence-corrected chi connectivity index (χ2v) is 25.0. The van der Waals surface area contributed by atoms with E-state index in [1.165, 1.54) is 68.6 Å². The summed E-state index contributed by atoms with van der Waals surface area (Å²) in [6.07, 6.45) is 14.9. The number of carbonyl (C=O) groups is 3. The summed E-state index contributed by atoms with van der Waals surface area (Å²) in [6, 6.07) is 30.1. The first-order chi connectivity index (χ1) is 46.2. The third kappa shape index (κ3) is 14.7. The molecule has 4 unspecified atom stereocenters. The molecule has 4 atom stereocenters. The van der Waals surface area contributed by atoms with Crippen LogP contribution in [0.3, 0.4) is 0 Å². The molecule has 6 aromatic carbocycles. The summed E-state index contributed by atoms with van der Waals surface area (Å²) >= 11 is 2.24. The van der Waals surface area contributed by atoms with Gasteiger partial charge in [-0.3, -0.25) is 9.59 Å². The standard InChI is InChI=1S/C36H33F2IN6O5.C36H32F2N4O4/c1-21(46)49-25(19-43-45-40)8-5-14-36(2,22-6-4-7-23(39)16-22)32-20-42-35(44-32)28-17-24(9-11-29(28)37)50-34-27(10-12-33(47)48-3)26-13-15-41-31(26)18-30(34)38;1-20(35(43)44)21-5-3-6-22(15-21)36(2)13-4-7-24-18-40-32(45-24)11-9-26-25-12-14-39-30(25)17-29(38)33(26)46-23-8-10-28(37)27(16-23)34-41-19-31(36)42-34/h4,6-7,9-13,15-18,20,25,41H,5,8,14,19H2,1-3H3,(H,42,44);3,5-6,8,10,12,14-20,39H,4,7,9,11,13H2,1-2H3,(H,41,42)(H,43,44)/b12-10+;. The number of aliphatic carboxylic acids is 1. The van der Waals surface area contributed by atoms with Gasteiger partial charge >= 0.3 is 17.9 Å². The van der Waals surface area contributed by atoms with Crippen LogP contribution in [0.5, 0.6) is 23.0 Å². The molecule has 0 fully saturated rings. The molecule has 492 valence electrons. The van der Waals surface area contributed by atoms with E-state index in [4.69, 9.17) is 28.9 Å². The van der Waals surface area contributed by atoms with Crippen LogP contribution in [0.4, 0.5) is 17.6 Å². The summed E-state index contributed by atoms with van der Waals surface area (Å²) in [6.45, 7) is 7.10. The van der Waals surface area contributed by atoms with Crippen molar-refractivity contribution < 1.29 is 60.4 Å². The Kier molecular flexibility index (Phi) is 20.3. The van der Waals surface area contributed by atoms with E-state index in [1.54, 1.807) is 44.0 Å². The van der Waals surface area contributed by atoms with E-state index in [-0.39, 0.29) is 46.5 Å². The van der Waals surface area contributed by atoms with Crippen LogP contribution < -0.4 is 9.47 Å². The minimum Gasteiger partial charge on any atom is -0.481 e. The SMILES string of the molecule is CC(C(=O)O)c1cccc(C2(C)CCCc3cnc(o3)CCc3c(c(F)cc4[nH]ccc34)Oc3ccc(F)c(c3)-c3ncc2[nH]3)c1.COC(=O)/C=C/c1c(Oc2ccc(F)c(-c3ncc(C(C)(CCCC(CN=[N+]=[N-])OC(C)=O)c4cccc(I)c4)[nH]3)c2)c(F)cc2[nH]ccc12. The van der Waals surface area contributed by atoms with Gasteiger partial charge in [-0.05, 0) is 171 Å². The highest BCUT2D eigenvalue weighted by molar-refractivity contribution is 14.1. The number of aromatic nitrogens is 7. The highest BCUT2D eigenvalue weighted by atomic mass is 127. The van der Waals surface area contributed by atoms with Gasteiger partial charge in [-0.2, -0.15) is 0 Å². The number of nitrogens with one attached hydrogen (secondary N) is 4. The summed E-state index contributed by atoms with van der Waals surface area (Å²) in [5.74, 6) is -2.94. The second-order valence-electron chi connectivity index (χ2n) is 23.8. The van der Waals surface area contributed by atoms with Crippen molar-refractivity contribution in [2.45, 2.75) is 102 Å². The third-order valence-electron chi connectivity index (χ3n) is 17.5. The number of aromatic amines is 4. The molecule has 11 aromatic rings. The molecule has 0 amide bonds. The molecular formula is C72H65F4IN10O9. The third-order valence-corrected chi connectivity index (χ3v) is 18.1. The van der Waals surface area contributed by atoms with Gasteiger partial charge in [0.05, 0.1) is 36.9 Å². The van der Waals surface area contributed by atoms with Crippen LogP contribution in [0, 0.1) is 26.8 Å². The number of carboxylic acids is 1. The minimum absolute atomic E-state index is 0.0218. The van der Waals surface area contributed by atoms with Crippen molar-refractivity contribution in [1.82, 2.24) is 34.9 Å². The lowest BCUT2D eigenvalue weighted by Gasteiger charge is -2.30. The molecule has 1 aliphatic rings. The predicted octanol–water partition coefficient (Wildman–Crippen LogP) is 17.4. The number of ether oxygens (including phenoxy) is 4. The van der Waals surface area contributed by atoms with Crippen molar-refractivity contribution in [3.8, 4) is 45.8 Å². The van der Waals surface area contributed by atoms with Gasteiger partial charge in [-0.15, -0.1) is 0 Å². The van der Waals surface area contributed by atoms with Crippen molar-refractivity contribution in [3.05, 3.63) is 234 Å². The first kappa shape index (κ1) is 67.0. The maximum absolute atomic E-state index is 15.5. The van der Waals surface area contributed by atoms with Crippen LogP contribution in [0.15, 0.2) is 156 Å². The maximum Gasteiger partial charge on any atom is 0.330 e. The number of rotatable bonds is 17. The van der Waals surface area contributed by atoms with E-state index in [1.807, 2.05) is 55.5 Å². The lowest BCUT2D eigenvalue weighted by Crippen LogP contribution is -2.26. The number of hydrogen-bond donors (Lipinski definition) is 5. The Morgan fingerprint density at radius 2 is 1.57 bits per heavy atom. The van der Waals surface area contributed by atoms with Crippen molar-refractivity contribution in [1.29, 1.82) is 0 Å². The zero-order valence-corrected chi connectivity index (χ0v) is 54.9. The largest absolute Gasteiger partial charge is 0.481 e. The smallest absolute Gasteiger partial charge is 0.330 e. The van der Waals surface area contributed by atoms with E-state index in [0.717, 1.165) is 37.6 Å². The molecule has 0 radical (unpaired) electrons. The molecule has 0 aliphatic carbocycles. The summed E-state index contributed by atoms with van der Waals surface area (Å²) in [4.78, 5) is 64.4. The van der Waals surface area contributed by atoms with Crippen LogP contribution in [0.2, 0.25) is 0 Å². The molecule has 96 heavy (non-hydrogen) atoms. The molecule has 0 spiro atoms.